The summed E-state index contributed by atoms with van der Waals surface area (Å²) in [4.78, 5) is 26.7. The van der Waals surface area contributed by atoms with Crippen LogP contribution in [0.5, 0.6) is 0 Å². The Morgan fingerprint density at radius 2 is 2.10 bits per heavy atom. The molecule has 4 nitrogen and oxygen atoms in total. The second kappa shape index (κ2) is 4.18. The highest BCUT2D eigenvalue weighted by Crippen LogP contribution is 2.52. The summed E-state index contributed by atoms with van der Waals surface area (Å²) in [6.45, 7) is 1.85. The number of amides is 2. The predicted octanol–water partition coefficient (Wildman–Crippen LogP) is 2.94. The Bertz CT molecular complexity index is 719. The van der Waals surface area contributed by atoms with E-state index in [4.69, 9.17) is 16.3 Å². The van der Waals surface area contributed by atoms with E-state index < -0.39 is 17.4 Å². The van der Waals surface area contributed by atoms with Gasteiger partial charge >= 0.3 is 0 Å². The fourth-order valence-electron chi connectivity index (χ4n) is 3.55. The Morgan fingerprint density at radius 3 is 2.76 bits per heavy atom. The monoisotopic (exact) mass is 367 g/mol. The van der Waals surface area contributed by atoms with Crippen LogP contribution in [0.3, 0.4) is 0 Å². The van der Waals surface area contributed by atoms with E-state index in [0.29, 0.717) is 10.7 Å². The van der Waals surface area contributed by atoms with Crippen molar-refractivity contribution in [3.63, 3.8) is 0 Å². The number of imide groups is 1. The Hall–Kier alpha value is -1.17. The van der Waals surface area contributed by atoms with Gasteiger partial charge in [-0.1, -0.05) is 39.7 Å². The van der Waals surface area contributed by atoms with E-state index >= 15 is 0 Å². The van der Waals surface area contributed by atoms with Crippen LogP contribution in [-0.2, 0) is 14.3 Å². The average Bonchev–Trinajstić information content (AvgIpc) is 3.01. The highest BCUT2D eigenvalue weighted by molar-refractivity contribution is 9.10. The van der Waals surface area contributed by atoms with Gasteiger partial charge in [-0.15, -0.1) is 0 Å². The number of halogens is 2. The van der Waals surface area contributed by atoms with Crippen LogP contribution in [0.2, 0.25) is 5.02 Å². The molecule has 6 heteroatoms. The van der Waals surface area contributed by atoms with Crippen molar-refractivity contribution in [2.75, 3.05) is 4.90 Å². The summed E-state index contributed by atoms with van der Waals surface area (Å²) in [6, 6.07) is 5.12. The molecule has 0 spiro atoms. The summed E-state index contributed by atoms with van der Waals surface area (Å²) in [5.41, 5.74) is -0.245. The zero-order valence-corrected chi connectivity index (χ0v) is 13.4. The zero-order chi connectivity index (χ0) is 14.9. The van der Waals surface area contributed by atoms with Gasteiger partial charge in [-0.3, -0.25) is 9.59 Å². The van der Waals surface area contributed by atoms with Crippen LogP contribution in [0.25, 0.3) is 0 Å². The second-order valence-corrected chi connectivity index (χ2v) is 7.06. The number of carbonyl (C=O) groups excluding carboxylic acids is 2. The van der Waals surface area contributed by atoms with Gasteiger partial charge in [-0.25, -0.2) is 4.90 Å². The van der Waals surface area contributed by atoms with Crippen molar-refractivity contribution < 1.29 is 14.3 Å². The molecule has 2 saturated heterocycles. The predicted molar refractivity (Wildman–Crippen MR) is 81.0 cm³/mol. The lowest BCUT2D eigenvalue weighted by atomic mass is 9.78. The lowest BCUT2D eigenvalue weighted by molar-refractivity contribution is -0.126. The van der Waals surface area contributed by atoms with Gasteiger partial charge < -0.3 is 4.74 Å². The first-order valence-electron chi connectivity index (χ1n) is 6.62. The van der Waals surface area contributed by atoms with E-state index in [1.165, 1.54) is 4.90 Å². The molecule has 2 amide bonds. The summed E-state index contributed by atoms with van der Waals surface area (Å²) in [5.74, 6) is -1.36. The molecule has 0 N–H and O–H groups in total. The third-order valence-electron chi connectivity index (χ3n) is 4.48. The average molecular weight is 369 g/mol. The second-order valence-electron chi connectivity index (χ2n) is 5.74. The van der Waals surface area contributed by atoms with E-state index in [2.05, 4.69) is 15.9 Å². The fraction of sp³-hybridized carbons (Fsp3) is 0.333. The molecule has 3 aliphatic rings. The molecule has 4 atom stereocenters. The van der Waals surface area contributed by atoms with Crippen molar-refractivity contribution in [2.24, 2.45) is 11.8 Å². The van der Waals surface area contributed by atoms with E-state index in [1.54, 1.807) is 18.2 Å². The molecule has 0 saturated carbocycles. The number of nitrogens with zero attached hydrogens (tertiary/aromatic N) is 1. The van der Waals surface area contributed by atoms with Gasteiger partial charge in [0.1, 0.15) is 0 Å². The van der Waals surface area contributed by atoms with Crippen LogP contribution >= 0.6 is 27.5 Å². The molecule has 4 rings (SSSR count). The number of ether oxygens (including phenoxy) is 1. The summed E-state index contributed by atoms with van der Waals surface area (Å²) in [5, 5.41) is 0.373. The molecule has 21 heavy (non-hydrogen) atoms. The van der Waals surface area contributed by atoms with Crippen molar-refractivity contribution in [3.05, 3.63) is 39.8 Å². The van der Waals surface area contributed by atoms with Crippen molar-refractivity contribution in [3.8, 4) is 0 Å². The molecule has 0 aromatic heterocycles. The number of fused-ring (bicyclic) bond motifs is 5. The summed E-state index contributed by atoms with van der Waals surface area (Å²) in [7, 11) is 0. The maximum Gasteiger partial charge on any atom is 0.241 e. The topological polar surface area (TPSA) is 46.6 Å². The first kappa shape index (κ1) is 13.5. The number of benzene rings is 1. The third-order valence-corrected chi connectivity index (χ3v) is 5.28. The first-order valence-corrected chi connectivity index (χ1v) is 7.79. The number of rotatable bonds is 1. The van der Waals surface area contributed by atoms with Crippen LogP contribution in [0.15, 0.2) is 34.8 Å². The van der Waals surface area contributed by atoms with E-state index in [1.807, 2.05) is 19.1 Å². The summed E-state index contributed by atoms with van der Waals surface area (Å²) >= 11 is 9.52. The van der Waals surface area contributed by atoms with Gasteiger partial charge in [0.25, 0.3) is 0 Å². The third kappa shape index (κ3) is 1.65. The van der Waals surface area contributed by atoms with Gasteiger partial charge in [-0.2, -0.15) is 0 Å². The minimum Gasteiger partial charge on any atom is -0.362 e. The van der Waals surface area contributed by atoms with Gasteiger partial charge in [0.05, 0.1) is 34.3 Å². The van der Waals surface area contributed by atoms with Crippen molar-refractivity contribution in [1.29, 1.82) is 0 Å². The number of anilines is 1. The fourth-order valence-corrected chi connectivity index (χ4v) is 4.31. The molecular formula is C15H11BrClNO3. The molecule has 3 heterocycles. The molecule has 0 aliphatic carbocycles. The number of carbonyl (C=O) groups is 2. The molecule has 1 aromatic carbocycles. The minimum atomic E-state index is -0.682. The maximum absolute atomic E-state index is 12.8. The molecule has 0 unspecified atom stereocenters. The number of hydrogen-bond donors (Lipinski definition) is 0. The SMILES string of the molecule is C[C@@]12C=C[C@@H](O1)[C@H]1C(=O)N(c3ccc(Br)cc3Cl)C(=O)[C@H]12. The molecule has 1 aromatic rings. The van der Waals surface area contributed by atoms with Crippen LogP contribution in [0, 0.1) is 11.8 Å². The zero-order valence-electron chi connectivity index (χ0n) is 11.0. The van der Waals surface area contributed by atoms with Gasteiger partial charge in [0, 0.05) is 4.47 Å². The van der Waals surface area contributed by atoms with Crippen LogP contribution < -0.4 is 4.90 Å². The molecule has 0 radical (unpaired) electrons. The molecular weight excluding hydrogens is 358 g/mol. The van der Waals surface area contributed by atoms with E-state index in [9.17, 15) is 9.59 Å². The highest BCUT2D eigenvalue weighted by Gasteiger charge is 2.66. The van der Waals surface area contributed by atoms with Crippen molar-refractivity contribution >= 4 is 45.0 Å². The Balaban J connectivity index is 1.80. The molecule has 2 bridgehead atoms. The molecule has 3 aliphatic heterocycles. The Morgan fingerprint density at radius 1 is 1.33 bits per heavy atom. The first-order chi connectivity index (χ1) is 9.92. The smallest absolute Gasteiger partial charge is 0.241 e. The van der Waals surface area contributed by atoms with Crippen LogP contribution in [0.1, 0.15) is 6.92 Å². The van der Waals surface area contributed by atoms with Crippen LogP contribution in [0.4, 0.5) is 5.69 Å². The molecule has 2 fully saturated rings. The normalized spacial score (nSPS) is 36.7. The van der Waals surface area contributed by atoms with Gasteiger partial charge in [0.2, 0.25) is 11.8 Å². The lowest BCUT2D eigenvalue weighted by Gasteiger charge is -2.24. The maximum atomic E-state index is 12.8. The van der Waals surface area contributed by atoms with Crippen molar-refractivity contribution in [2.45, 2.75) is 18.6 Å². The standard InChI is InChI=1S/C15H11BrClNO3/c1-15-5-4-10(21-15)11-12(15)14(20)18(13(11)19)9-3-2-7(16)6-8(9)17/h2-6,10-12H,1H3/t10-,11-,12+,15+/m1/s1. The molecule has 108 valence electrons. The van der Waals surface area contributed by atoms with Gasteiger partial charge in [0.15, 0.2) is 0 Å². The summed E-state index contributed by atoms with van der Waals surface area (Å²) < 4.78 is 6.58. The van der Waals surface area contributed by atoms with Gasteiger partial charge in [-0.05, 0) is 25.1 Å². The Kier molecular flexibility index (Phi) is 2.69. The van der Waals surface area contributed by atoms with E-state index in [0.717, 1.165) is 4.47 Å². The summed E-state index contributed by atoms with van der Waals surface area (Å²) in [6.07, 6.45) is 3.45. The minimum absolute atomic E-state index is 0.229. The lowest BCUT2D eigenvalue weighted by Crippen LogP contribution is -2.38. The largest absolute Gasteiger partial charge is 0.362 e. The quantitative estimate of drug-likeness (QED) is 0.565. The van der Waals surface area contributed by atoms with Crippen molar-refractivity contribution in [1.82, 2.24) is 0 Å². The van der Waals surface area contributed by atoms with E-state index in [-0.39, 0.29) is 17.9 Å². The number of hydrogen-bond acceptors (Lipinski definition) is 3. The Labute approximate surface area is 134 Å². The highest BCUT2D eigenvalue weighted by atomic mass is 79.9. The van der Waals surface area contributed by atoms with Crippen LogP contribution in [-0.4, -0.2) is 23.5 Å².